The Morgan fingerprint density at radius 3 is 2.62 bits per heavy atom. The van der Waals surface area contributed by atoms with Crippen LogP contribution in [0.25, 0.3) is 0 Å². The van der Waals surface area contributed by atoms with Crippen molar-refractivity contribution < 1.29 is 9.13 Å². The lowest BCUT2D eigenvalue weighted by molar-refractivity contribution is -0.147. The molecule has 2 fully saturated rings. The van der Waals surface area contributed by atoms with Gasteiger partial charge in [0.25, 0.3) is 0 Å². The van der Waals surface area contributed by atoms with Crippen LogP contribution in [0.5, 0.6) is 0 Å². The molecule has 2 aliphatic rings. The Balaban J connectivity index is 1.75. The predicted octanol–water partition coefficient (Wildman–Crippen LogP) is 4.59. The Morgan fingerprint density at radius 2 is 1.95 bits per heavy atom. The van der Waals surface area contributed by atoms with E-state index in [0.29, 0.717) is 9.89 Å². The number of rotatable bonds is 1. The molecule has 1 atom stereocenters. The molecule has 116 valence electrons. The van der Waals surface area contributed by atoms with Gasteiger partial charge in [0.15, 0.2) is 0 Å². The van der Waals surface area contributed by atoms with Gasteiger partial charge in [-0.25, -0.2) is 4.39 Å². The fourth-order valence-corrected chi connectivity index (χ4v) is 3.79. The molecule has 1 saturated carbocycles. The lowest BCUT2D eigenvalue weighted by Gasteiger charge is -2.48. The lowest BCUT2D eigenvalue weighted by Crippen LogP contribution is -2.53. The molecular formula is C17H23BrFNO. The molecule has 0 aromatic heterocycles. The maximum atomic E-state index is 13.4. The van der Waals surface area contributed by atoms with Gasteiger partial charge < -0.3 is 10.1 Å². The Morgan fingerprint density at radius 1 is 1.24 bits per heavy atom. The van der Waals surface area contributed by atoms with Crippen molar-refractivity contribution in [1.29, 1.82) is 0 Å². The first kappa shape index (κ1) is 15.4. The monoisotopic (exact) mass is 355 g/mol. The molecule has 4 heteroatoms. The van der Waals surface area contributed by atoms with E-state index in [9.17, 15) is 4.39 Å². The third-order valence-electron chi connectivity index (χ3n) is 5.00. The van der Waals surface area contributed by atoms with Crippen molar-refractivity contribution in [2.75, 3.05) is 13.1 Å². The molecule has 0 bridgehead atoms. The number of hydrogen-bond donors (Lipinski definition) is 1. The number of nitrogens with one attached hydrogen (secondary N) is 1. The molecule has 1 spiro atoms. The predicted molar refractivity (Wildman–Crippen MR) is 85.8 cm³/mol. The Labute approximate surface area is 134 Å². The summed E-state index contributed by atoms with van der Waals surface area (Å²) in [6, 6.07) is 5.18. The highest BCUT2D eigenvalue weighted by atomic mass is 79.9. The third-order valence-corrected chi connectivity index (χ3v) is 5.61. The van der Waals surface area contributed by atoms with Gasteiger partial charge >= 0.3 is 0 Å². The molecule has 1 N–H and O–H groups in total. The number of ether oxygens (including phenoxy) is 1. The number of benzene rings is 1. The zero-order valence-corrected chi connectivity index (χ0v) is 14.3. The van der Waals surface area contributed by atoms with Crippen LogP contribution in [0, 0.1) is 11.2 Å². The fraction of sp³-hybridized carbons (Fsp3) is 0.647. The van der Waals surface area contributed by atoms with Crippen LogP contribution in [0.4, 0.5) is 4.39 Å². The second-order valence-corrected chi connectivity index (χ2v) is 8.11. The molecule has 0 amide bonds. The molecule has 1 aliphatic carbocycles. The van der Waals surface area contributed by atoms with Crippen molar-refractivity contribution in [3.8, 4) is 0 Å². The van der Waals surface area contributed by atoms with Crippen LogP contribution in [0.1, 0.15) is 51.2 Å². The summed E-state index contributed by atoms with van der Waals surface area (Å²) >= 11 is 3.26. The van der Waals surface area contributed by atoms with Gasteiger partial charge in [-0.15, -0.1) is 0 Å². The smallest absolute Gasteiger partial charge is 0.137 e. The van der Waals surface area contributed by atoms with Gasteiger partial charge in [-0.2, -0.15) is 0 Å². The molecule has 2 nitrogen and oxygen atoms in total. The quantitative estimate of drug-likeness (QED) is 0.795. The highest BCUT2D eigenvalue weighted by molar-refractivity contribution is 9.10. The van der Waals surface area contributed by atoms with Gasteiger partial charge in [-0.3, -0.25) is 0 Å². The number of halogens is 2. The van der Waals surface area contributed by atoms with Crippen LogP contribution in [0.15, 0.2) is 22.7 Å². The van der Waals surface area contributed by atoms with Crippen LogP contribution in [0.3, 0.4) is 0 Å². The summed E-state index contributed by atoms with van der Waals surface area (Å²) in [6.45, 7) is 6.40. The topological polar surface area (TPSA) is 21.3 Å². The number of hydrogen-bond acceptors (Lipinski definition) is 2. The van der Waals surface area contributed by atoms with Crippen molar-refractivity contribution in [2.45, 2.75) is 51.2 Å². The van der Waals surface area contributed by atoms with Crippen molar-refractivity contribution in [3.05, 3.63) is 34.1 Å². The minimum absolute atomic E-state index is 0.0110. The van der Waals surface area contributed by atoms with Crippen LogP contribution in [-0.4, -0.2) is 18.7 Å². The van der Waals surface area contributed by atoms with Gasteiger partial charge in [-0.05, 0) is 64.7 Å². The lowest BCUT2D eigenvalue weighted by atomic mass is 9.70. The van der Waals surface area contributed by atoms with Crippen molar-refractivity contribution in [2.24, 2.45) is 5.41 Å². The molecule has 1 unspecified atom stereocenters. The van der Waals surface area contributed by atoms with E-state index in [1.54, 1.807) is 0 Å². The first-order chi connectivity index (χ1) is 9.89. The molecule has 1 aromatic rings. The summed E-state index contributed by atoms with van der Waals surface area (Å²) in [6.07, 6.45) is 4.62. The van der Waals surface area contributed by atoms with Gasteiger partial charge in [0.2, 0.25) is 0 Å². The molecule has 0 radical (unpaired) electrons. The highest BCUT2D eigenvalue weighted by Crippen LogP contribution is 2.45. The third kappa shape index (κ3) is 3.33. The summed E-state index contributed by atoms with van der Waals surface area (Å²) in [7, 11) is 0. The van der Waals surface area contributed by atoms with E-state index in [4.69, 9.17) is 4.74 Å². The van der Waals surface area contributed by atoms with Crippen LogP contribution in [-0.2, 0) is 4.74 Å². The van der Waals surface area contributed by atoms with E-state index in [-0.39, 0.29) is 17.5 Å². The van der Waals surface area contributed by atoms with E-state index in [1.165, 1.54) is 18.9 Å². The van der Waals surface area contributed by atoms with Crippen molar-refractivity contribution in [3.63, 3.8) is 0 Å². The van der Waals surface area contributed by atoms with Crippen LogP contribution < -0.4 is 5.32 Å². The summed E-state index contributed by atoms with van der Waals surface area (Å²) in [5.74, 6) is -0.225. The minimum Gasteiger partial charge on any atom is -0.364 e. The minimum atomic E-state index is -0.225. The fourth-order valence-electron chi connectivity index (χ4n) is 3.39. The Hall–Kier alpha value is -0.450. The first-order valence-corrected chi connectivity index (χ1v) is 8.52. The van der Waals surface area contributed by atoms with Crippen molar-refractivity contribution >= 4 is 15.9 Å². The zero-order valence-electron chi connectivity index (χ0n) is 12.7. The first-order valence-electron chi connectivity index (χ1n) is 7.73. The van der Waals surface area contributed by atoms with E-state index in [1.807, 2.05) is 12.1 Å². The van der Waals surface area contributed by atoms with Gasteiger partial charge in [-0.1, -0.05) is 19.9 Å². The summed E-state index contributed by atoms with van der Waals surface area (Å²) in [5, 5.41) is 3.52. The molecule has 1 aromatic carbocycles. The van der Waals surface area contributed by atoms with Crippen LogP contribution >= 0.6 is 15.9 Å². The molecule has 1 heterocycles. The average Bonchev–Trinajstić information content (AvgIpc) is 2.46. The van der Waals surface area contributed by atoms with E-state index < -0.39 is 0 Å². The standard InChI is InChI=1S/C17H23BrFNO/c1-16(2)5-7-17(8-6-16)11-20-10-15(21-17)12-3-4-14(19)13(18)9-12/h3-4,9,15,20H,5-8,10-11H2,1-2H3. The van der Waals surface area contributed by atoms with Gasteiger partial charge in [0.05, 0.1) is 16.2 Å². The molecular weight excluding hydrogens is 333 g/mol. The summed E-state index contributed by atoms with van der Waals surface area (Å²) < 4.78 is 20.4. The average molecular weight is 356 g/mol. The normalized spacial score (nSPS) is 27.7. The van der Waals surface area contributed by atoms with E-state index in [0.717, 1.165) is 31.5 Å². The summed E-state index contributed by atoms with van der Waals surface area (Å²) in [5.41, 5.74) is 1.43. The van der Waals surface area contributed by atoms with E-state index >= 15 is 0 Å². The number of morpholine rings is 1. The maximum absolute atomic E-state index is 13.4. The highest BCUT2D eigenvalue weighted by Gasteiger charge is 2.42. The Bertz CT molecular complexity index is 522. The molecule has 1 saturated heterocycles. The largest absolute Gasteiger partial charge is 0.364 e. The van der Waals surface area contributed by atoms with Gasteiger partial charge in [0.1, 0.15) is 5.82 Å². The maximum Gasteiger partial charge on any atom is 0.137 e. The van der Waals surface area contributed by atoms with Gasteiger partial charge in [0, 0.05) is 13.1 Å². The second kappa shape index (κ2) is 5.64. The Kier molecular flexibility index (Phi) is 4.15. The van der Waals surface area contributed by atoms with Crippen LogP contribution in [0.2, 0.25) is 0 Å². The zero-order chi connectivity index (χ0) is 15.1. The SMILES string of the molecule is CC1(C)CCC2(CC1)CNCC(c1ccc(F)c(Br)c1)O2. The summed E-state index contributed by atoms with van der Waals surface area (Å²) in [4.78, 5) is 0. The molecule has 3 rings (SSSR count). The second-order valence-electron chi connectivity index (χ2n) is 7.26. The van der Waals surface area contributed by atoms with Crippen molar-refractivity contribution in [1.82, 2.24) is 5.32 Å². The molecule has 1 aliphatic heterocycles. The van der Waals surface area contributed by atoms with E-state index in [2.05, 4.69) is 35.1 Å². The molecule has 21 heavy (non-hydrogen) atoms.